The molecule has 2 aromatic rings. The number of rotatable bonds is 3. The van der Waals surface area contributed by atoms with Crippen molar-refractivity contribution in [2.45, 2.75) is 12.3 Å². The van der Waals surface area contributed by atoms with Crippen LogP contribution in [0.2, 0.25) is 5.02 Å². The summed E-state index contributed by atoms with van der Waals surface area (Å²) < 4.78 is 18.6. The summed E-state index contributed by atoms with van der Waals surface area (Å²) >= 11 is 12.4. The monoisotopic (exact) mass is 298 g/mol. The number of alkyl halides is 1. The molecule has 1 nitrogen and oxygen atoms in total. The Hall–Kier alpha value is -1.25. The van der Waals surface area contributed by atoms with E-state index in [1.165, 1.54) is 13.2 Å². The summed E-state index contributed by atoms with van der Waals surface area (Å²) in [4.78, 5) is 0. The summed E-state index contributed by atoms with van der Waals surface area (Å²) in [5, 5.41) is 0.166. The van der Waals surface area contributed by atoms with Gasteiger partial charge in [-0.15, -0.1) is 11.6 Å². The average molecular weight is 299 g/mol. The third kappa shape index (κ3) is 3.02. The SMILES string of the molecule is COc1ccc(C(Cl)c2cc(Cl)ccc2C)cc1F. The molecule has 0 N–H and O–H groups in total. The summed E-state index contributed by atoms with van der Waals surface area (Å²) in [5.74, 6) is -0.222. The molecule has 0 aliphatic rings. The molecule has 0 fully saturated rings. The van der Waals surface area contributed by atoms with Gasteiger partial charge in [-0.3, -0.25) is 0 Å². The van der Waals surface area contributed by atoms with Crippen molar-refractivity contribution < 1.29 is 9.13 Å². The van der Waals surface area contributed by atoms with Crippen LogP contribution in [0.5, 0.6) is 5.75 Å². The Morgan fingerprint density at radius 2 is 1.89 bits per heavy atom. The first-order valence-electron chi connectivity index (χ1n) is 5.76. The number of ether oxygens (including phenoxy) is 1. The summed E-state index contributed by atoms with van der Waals surface area (Å²) in [6.07, 6.45) is 0. The van der Waals surface area contributed by atoms with Gasteiger partial charge in [-0.2, -0.15) is 0 Å². The largest absolute Gasteiger partial charge is 0.494 e. The lowest BCUT2D eigenvalue weighted by atomic mass is 10.00. The highest BCUT2D eigenvalue weighted by Gasteiger charge is 2.15. The van der Waals surface area contributed by atoms with Crippen molar-refractivity contribution in [1.29, 1.82) is 0 Å². The fourth-order valence-electron chi connectivity index (χ4n) is 1.90. The predicted octanol–water partition coefficient (Wildman–Crippen LogP) is 5.12. The van der Waals surface area contributed by atoms with Crippen LogP contribution in [-0.2, 0) is 0 Å². The highest BCUT2D eigenvalue weighted by Crippen LogP contribution is 2.34. The van der Waals surface area contributed by atoms with Crippen molar-refractivity contribution in [3.8, 4) is 5.75 Å². The van der Waals surface area contributed by atoms with E-state index in [9.17, 15) is 4.39 Å². The van der Waals surface area contributed by atoms with Crippen LogP contribution in [0, 0.1) is 12.7 Å². The van der Waals surface area contributed by atoms with Crippen LogP contribution in [-0.4, -0.2) is 7.11 Å². The molecular weight excluding hydrogens is 286 g/mol. The van der Waals surface area contributed by atoms with Crippen LogP contribution in [0.1, 0.15) is 22.1 Å². The van der Waals surface area contributed by atoms with Crippen LogP contribution in [0.3, 0.4) is 0 Å². The number of hydrogen-bond acceptors (Lipinski definition) is 1. The topological polar surface area (TPSA) is 9.23 Å². The van der Waals surface area contributed by atoms with Crippen LogP contribution in [0.15, 0.2) is 36.4 Å². The zero-order valence-electron chi connectivity index (χ0n) is 10.6. The van der Waals surface area contributed by atoms with Gasteiger partial charge in [0.2, 0.25) is 0 Å². The lowest BCUT2D eigenvalue weighted by Crippen LogP contribution is -1.98. The number of halogens is 3. The van der Waals surface area contributed by atoms with Crippen molar-refractivity contribution >= 4 is 23.2 Å². The van der Waals surface area contributed by atoms with E-state index in [-0.39, 0.29) is 5.75 Å². The van der Waals surface area contributed by atoms with Gasteiger partial charge in [0.1, 0.15) is 0 Å². The molecule has 0 aromatic heterocycles. The van der Waals surface area contributed by atoms with E-state index in [1.54, 1.807) is 24.3 Å². The molecule has 0 saturated carbocycles. The van der Waals surface area contributed by atoms with Gasteiger partial charge in [0.05, 0.1) is 12.5 Å². The Bertz CT molecular complexity index is 599. The minimum absolute atomic E-state index is 0.204. The Morgan fingerprint density at radius 3 is 2.53 bits per heavy atom. The normalized spacial score (nSPS) is 12.3. The molecule has 19 heavy (non-hydrogen) atoms. The molecule has 2 aromatic carbocycles. The maximum atomic E-state index is 13.7. The highest BCUT2D eigenvalue weighted by molar-refractivity contribution is 6.31. The second-order valence-corrected chi connectivity index (χ2v) is 5.13. The van der Waals surface area contributed by atoms with Gasteiger partial charge in [0.15, 0.2) is 11.6 Å². The first kappa shape index (κ1) is 14.2. The van der Waals surface area contributed by atoms with E-state index >= 15 is 0 Å². The van der Waals surface area contributed by atoms with Crippen molar-refractivity contribution in [2.24, 2.45) is 0 Å². The van der Waals surface area contributed by atoms with Gasteiger partial charge in [-0.25, -0.2) is 4.39 Å². The molecular formula is C15H13Cl2FO. The summed E-state index contributed by atoms with van der Waals surface area (Å²) in [5.41, 5.74) is 2.56. The Morgan fingerprint density at radius 1 is 1.16 bits per heavy atom. The molecule has 2 rings (SSSR count). The van der Waals surface area contributed by atoms with Gasteiger partial charge >= 0.3 is 0 Å². The van der Waals surface area contributed by atoms with Gasteiger partial charge in [-0.1, -0.05) is 23.7 Å². The number of benzene rings is 2. The molecule has 1 atom stereocenters. The molecule has 0 bridgehead atoms. The maximum Gasteiger partial charge on any atom is 0.165 e. The molecule has 0 heterocycles. The first-order chi connectivity index (χ1) is 9.02. The third-order valence-electron chi connectivity index (χ3n) is 2.98. The molecule has 1 unspecified atom stereocenters. The minimum Gasteiger partial charge on any atom is -0.494 e. The fourth-order valence-corrected chi connectivity index (χ4v) is 2.46. The van der Waals surface area contributed by atoms with E-state index in [1.807, 2.05) is 13.0 Å². The standard InChI is InChI=1S/C15H13Cl2FO/c1-9-3-5-11(16)8-12(9)15(17)10-4-6-14(19-2)13(18)7-10/h3-8,15H,1-2H3. The highest BCUT2D eigenvalue weighted by atomic mass is 35.5. The van der Waals surface area contributed by atoms with Gasteiger partial charge < -0.3 is 4.74 Å². The van der Waals surface area contributed by atoms with Gasteiger partial charge in [-0.05, 0) is 47.9 Å². The maximum absolute atomic E-state index is 13.7. The van der Waals surface area contributed by atoms with E-state index in [2.05, 4.69) is 0 Å². The van der Waals surface area contributed by atoms with Crippen LogP contribution in [0.25, 0.3) is 0 Å². The zero-order valence-corrected chi connectivity index (χ0v) is 12.1. The molecule has 4 heteroatoms. The molecule has 0 aliphatic carbocycles. The Kier molecular flexibility index (Phi) is 4.33. The second-order valence-electron chi connectivity index (χ2n) is 4.26. The van der Waals surface area contributed by atoms with Crippen molar-refractivity contribution in [3.63, 3.8) is 0 Å². The van der Waals surface area contributed by atoms with Crippen molar-refractivity contribution in [1.82, 2.24) is 0 Å². The molecule has 0 radical (unpaired) electrons. The Labute approximate surface area is 121 Å². The van der Waals surface area contributed by atoms with Crippen molar-refractivity contribution in [3.05, 3.63) is 63.9 Å². The predicted molar refractivity (Wildman–Crippen MR) is 76.8 cm³/mol. The molecule has 0 saturated heterocycles. The van der Waals surface area contributed by atoms with Gasteiger partial charge in [0, 0.05) is 5.02 Å². The number of hydrogen-bond donors (Lipinski definition) is 0. The second kappa shape index (κ2) is 5.81. The molecule has 0 amide bonds. The fraction of sp³-hybridized carbons (Fsp3) is 0.200. The summed E-state index contributed by atoms with van der Waals surface area (Å²) in [6, 6.07) is 10.2. The van der Waals surface area contributed by atoms with Crippen molar-refractivity contribution in [2.75, 3.05) is 7.11 Å². The lowest BCUT2D eigenvalue weighted by molar-refractivity contribution is 0.386. The summed E-state index contributed by atoms with van der Waals surface area (Å²) in [6.45, 7) is 1.95. The number of aryl methyl sites for hydroxylation is 1. The molecule has 100 valence electrons. The quantitative estimate of drug-likeness (QED) is 0.714. The molecule has 0 spiro atoms. The first-order valence-corrected chi connectivity index (χ1v) is 6.58. The average Bonchev–Trinajstić information content (AvgIpc) is 2.40. The van der Waals surface area contributed by atoms with E-state index < -0.39 is 11.2 Å². The van der Waals surface area contributed by atoms with E-state index in [0.29, 0.717) is 10.6 Å². The lowest BCUT2D eigenvalue weighted by Gasteiger charge is -2.14. The van der Waals surface area contributed by atoms with Crippen LogP contribution in [0.4, 0.5) is 4.39 Å². The molecule has 0 aliphatic heterocycles. The minimum atomic E-state index is -0.445. The van der Waals surface area contributed by atoms with Gasteiger partial charge in [0.25, 0.3) is 0 Å². The zero-order chi connectivity index (χ0) is 14.0. The smallest absolute Gasteiger partial charge is 0.165 e. The Balaban J connectivity index is 2.41. The van der Waals surface area contributed by atoms with Crippen LogP contribution >= 0.6 is 23.2 Å². The number of methoxy groups -OCH3 is 1. The third-order valence-corrected chi connectivity index (χ3v) is 3.71. The van der Waals surface area contributed by atoms with Crippen LogP contribution < -0.4 is 4.74 Å². The van der Waals surface area contributed by atoms with E-state index in [4.69, 9.17) is 27.9 Å². The van der Waals surface area contributed by atoms with E-state index in [0.717, 1.165) is 11.1 Å². The summed E-state index contributed by atoms with van der Waals surface area (Å²) in [7, 11) is 1.43.